The molecule has 1 fully saturated rings. The summed E-state index contributed by atoms with van der Waals surface area (Å²) in [5.41, 5.74) is 1.11. The molecule has 3 aromatic rings. The molecule has 1 aromatic heterocycles. The minimum absolute atomic E-state index is 0.184. The standard InChI is InChI=1S/C25H27N3O4S2/c1-4-15-28-23-21(32-5-2)9-6-10-22(23)33-25(28)26-24(29)19-11-13-20(14-12-19)34(30,31)27-16-7-8-18(3)17-27/h1,6,9-14,18H,5,7-8,15-17H2,2-3H3. The Hall–Kier alpha value is -2.93. The topological polar surface area (TPSA) is 81.0 Å². The van der Waals surface area contributed by atoms with Gasteiger partial charge in [-0.3, -0.25) is 4.79 Å². The zero-order valence-electron chi connectivity index (χ0n) is 19.2. The maximum atomic E-state index is 13.0. The number of carbonyl (C=O) groups is 1. The van der Waals surface area contributed by atoms with E-state index in [4.69, 9.17) is 11.2 Å². The van der Waals surface area contributed by atoms with Gasteiger partial charge in [-0.25, -0.2) is 8.42 Å². The summed E-state index contributed by atoms with van der Waals surface area (Å²) in [5.74, 6) is 3.17. The number of sulfonamides is 1. The van der Waals surface area contributed by atoms with E-state index in [0.717, 1.165) is 23.1 Å². The van der Waals surface area contributed by atoms with Gasteiger partial charge < -0.3 is 9.30 Å². The maximum absolute atomic E-state index is 13.0. The lowest BCUT2D eigenvalue weighted by Gasteiger charge is -2.30. The SMILES string of the molecule is C#CCn1c(=NC(=O)c2ccc(S(=O)(=O)N3CCCC(C)C3)cc2)sc2cccc(OCC)c21. The number of piperidine rings is 1. The predicted octanol–water partition coefficient (Wildman–Crippen LogP) is 3.90. The molecule has 1 aliphatic rings. The van der Waals surface area contributed by atoms with Crippen molar-refractivity contribution in [2.45, 2.75) is 38.1 Å². The van der Waals surface area contributed by atoms with Crippen LogP contribution in [0.15, 0.2) is 52.4 Å². The third-order valence-corrected chi connectivity index (χ3v) is 8.69. The number of ether oxygens (including phenoxy) is 1. The van der Waals surface area contributed by atoms with Gasteiger partial charge in [0.1, 0.15) is 11.3 Å². The van der Waals surface area contributed by atoms with Crippen molar-refractivity contribution < 1.29 is 17.9 Å². The lowest BCUT2D eigenvalue weighted by Crippen LogP contribution is -2.39. The Labute approximate surface area is 203 Å². The minimum Gasteiger partial charge on any atom is -0.492 e. The van der Waals surface area contributed by atoms with Crippen LogP contribution < -0.4 is 9.54 Å². The van der Waals surface area contributed by atoms with E-state index >= 15 is 0 Å². The van der Waals surface area contributed by atoms with Crippen molar-refractivity contribution in [3.8, 4) is 18.1 Å². The van der Waals surface area contributed by atoms with Crippen molar-refractivity contribution >= 4 is 37.5 Å². The number of terminal acetylenes is 1. The molecular weight excluding hydrogens is 470 g/mol. The average molecular weight is 498 g/mol. The highest BCUT2D eigenvalue weighted by atomic mass is 32.2. The first-order chi connectivity index (χ1) is 16.3. The van der Waals surface area contributed by atoms with Crippen molar-refractivity contribution in [3.63, 3.8) is 0 Å². The Bertz CT molecular complexity index is 1410. The fraction of sp³-hybridized carbons (Fsp3) is 0.360. The first kappa shape index (κ1) is 24.2. The minimum atomic E-state index is -3.58. The van der Waals surface area contributed by atoms with E-state index in [1.807, 2.05) is 25.1 Å². The average Bonchev–Trinajstić information content (AvgIpc) is 3.17. The van der Waals surface area contributed by atoms with Crippen LogP contribution in [0.2, 0.25) is 0 Å². The molecule has 1 unspecified atom stereocenters. The number of hydrogen-bond donors (Lipinski definition) is 0. The van der Waals surface area contributed by atoms with Crippen LogP contribution in [0.1, 0.15) is 37.0 Å². The van der Waals surface area contributed by atoms with Crippen LogP contribution in [-0.4, -0.2) is 42.9 Å². The largest absolute Gasteiger partial charge is 0.492 e. The molecule has 0 N–H and O–H groups in total. The first-order valence-electron chi connectivity index (χ1n) is 11.2. The molecule has 34 heavy (non-hydrogen) atoms. The molecule has 0 bridgehead atoms. The lowest BCUT2D eigenvalue weighted by molar-refractivity contribution is 0.0997. The molecule has 9 heteroatoms. The summed E-state index contributed by atoms with van der Waals surface area (Å²) in [4.78, 5) is 17.9. The van der Waals surface area contributed by atoms with Gasteiger partial charge in [-0.1, -0.05) is 30.2 Å². The fourth-order valence-corrected chi connectivity index (χ4v) is 6.77. The van der Waals surface area contributed by atoms with Crippen LogP contribution >= 0.6 is 11.3 Å². The molecular formula is C25H27N3O4S2. The van der Waals surface area contributed by atoms with E-state index in [9.17, 15) is 13.2 Å². The molecule has 2 aromatic carbocycles. The molecule has 1 amide bonds. The first-order valence-corrected chi connectivity index (χ1v) is 13.5. The molecule has 178 valence electrons. The van der Waals surface area contributed by atoms with E-state index in [-0.39, 0.29) is 11.4 Å². The number of aromatic nitrogens is 1. The second-order valence-electron chi connectivity index (χ2n) is 8.26. The number of benzene rings is 2. The normalized spacial score (nSPS) is 17.6. The van der Waals surface area contributed by atoms with Gasteiger partial charge in [0.2, 0.25) is 10.0 Å². The summed E-state index contributed by atoms with van der Waals surface area (Å²) in [6.45, 7) is 5.74. The van der Waals surface area contributed by atoms with E-state index in [1.165, 1.54) is 39.9 Å². The van der Waals surface area contributed by atoms with E-state index in [2.05, 4.69) is 17.8 Å². The van der Waals surface area contributed by atoms with Gasteiger partial charge in [0, 0.05) is 18.7 Å². The van der Waals surface area contributed by atoms with Crippen molar-refractivity contribution in [2.24, 2.45) is 10.9 Å². The number of hydrogen-bond acceptors (Lipinski definition) is 5. The van der Waals surface area contributed by atoms with Gasteiger partial charge in [-0.15, -0.1) is 6.42 Å². The second kappa shape index (κ2) is 10.1. The quantitative estimate of drug-likeness (QED) is 0.484. The number of amides is 1. The number of thiazole rings is 1. The molecule has 7 nitrogen and oxygen atoms in total. The number of fused-ring (bicyclic) bond motifs is 1. The zero-order chi connectivity index (χ0) is 24.3. The Morgan fingerprint density at radius 1 is 1.26 bits per heavy atom. The summed E-state index contributed by atoms with van der Waals surface area (Å²) < 4.78 is 35.9. The summed E-state index contributed by atoms with van der Waals surface area (Å²) in [7, 11) is -3.58. The van der Waals surface area contributed by atoms with Crippen molar-refractivity contribution in [2.75, 3.05) is 19.7 Å². The molecule has 0 radical (unpaired) electrons. The molecule has 0 aliphatic carbocycles. The van der Waals surface area contributed by atoms with E-state index < -0.39 is 15.9 Å². The van der Waals surface area contributed by atoms with Crippen LogP contribution in [0.3, 0.4) is 0 Å². The van der Waals surface area contributed by atoms with Gasteiger partial charge >= 0.3 is 0 Å². The molecule has 1 atom stereocenters. The number of nitrogens with zero attached hydrogens (tertiary/aromatic N) is 3. The third-order valence-electron chi connectivity index (χ3n) is 5.77. The fourth-order valence-electron chi connectivity index (χ4n) is 4.13. The Kier molecular flexibility index (Phi) is 7.22. The molecule has 0 saturated carbocycles. The second-order valence-corrected chi connectivity index (χ2v) is 11.2. The molecule has 1 aliphatic heterocycles. The van der Waals surface area contributed by atoms with Crippen LogP contribution in [0.5, 0.6) is 5.75 Å². The zero-order valence-corrected chi connectivity index (χ0v) is 20.9. The Morgan fingerprint density at radius 2 is 2.03 bits per heavy atom. The summed E-state index contributed by atoms with van der Waals surface area (Å²) >= 11 is 1.35. The number of para-hydroxylation sites is 1. The highest BCUT2D eigenvalue weighted by Gasteiger charge is 2.28. The number of rotatable bonds is 6. The van der Waals surface area contributed by atoms with Gasteiger partial charge in [0.05, 0.1) is 22.7 Å². The van der Waals surface area contributed by atoms with Gasteiger partial charge in [0.25, 0.3) is 5.91 Å². The van der Waals surface area contributed by atoms with Crippen LogP contribution in [-0.2, 0) is 16.6 Å². The van der Waals surface area contributed by atoms with Crippen LogP contribution in [0.4, 0.5) is 0 Å². The molecule has 0 spiro atoms. The van der Waals surface area contributed by atoms with Crippen molar-refractivity contribution in [1.82, 2.24) is 8.87 Å². The highest BCUT2D eigenvalue weighted by molar-refractivity contribution is 7.89. The predicted molar refractivity (Wildman–Crippen MR) is 133 cm³/mol. The highest BCUT2D eigenvalue weighted by Crippen LogP contribution is 2.28. The van der Waals surface area contributed by atoms with Gasteiger partial charge in [-0.05, 0) is 62.1 Å². The Morgan fingerprint density at radius 3 is 2.71 bits per heavy atom. The Balaban J connectivity index is 1.66. The van der Waals surface area contributed by atoms with E-state index in [0.29, 0.717) is 41.7 Å². The molecule has 4 rings (SSSR count). The summed E-state index contributed by atoms with van der Waals surface area (Å²) in [6.07, 6.45) is 7.47. The third kappa shape index (κ3) is 4.80. The summed E-state index contributed by atoms with van der Waals surface area (Å²) in [6, 6.07) is 11.7. The van der Waals surface area contributed by atoms with Crippen molar-refractivity contribution in [3.05, 3.63) is 52.8 Å². The summed E-state index contributed by atoms with van der Waals surface area (Å²) in [5, 5.41) is 0. The van der Waals surface area contributed by atoms with Gasteiger partial charge in [0.15, 0.2) is 4.80 Å². The van der Waals surface area contributed by atoms with Crippen molar-refractivity contribution in [1.29, 1.82) is 0 Å². The molecule has 1 saturated heterocycles. The van der Waals surface area contributed by atoms with Crippen LogP contribution in [0, 0.1) is 18.3 Å². The van der Waals surface area contributed by atoms with Gasteiger partial charge in [-0.2, -0.15) is 9.30 Å². The maximum Gasteiger partial charge on any atom is 0.279 e. The number of carbonyl (C=O) groups excluding carboxylic acids is 1. The lowest BCUT2D eigenvalue weighted by atomic mass is 10.0. The van der Waals surface area contributed by atoms with Crippen LogP contribution in [0.25, 0.3) is 10.2 Å². The molecule has 2 heterocycles. The van der Waals surface area contributed by atoms with E-state index in [1.54, 1.807) is 4.57 Å². The smallest absolute Gasteiger partial charge is 0.279 e. The monoisotopic (exact) mass is 497 g/mol.